The number of fused-ring (bicyclic) bond motifs is 1. The van der Waals surface area contributed by atoms with Crippen molar-refractivity contribution in [3.8, 4) is 0 Å². The third-order valence-corrected chi connectivity index (χ3v) is 2.69. The lowest BCUT2D eigenvalue weighted by atomic mass is 10.3. The highest BCUT2D eigenvalue weighted by atomic mass is 35.5. The predicted molar refractivity (Wildman–Crippen MR) is 60.0 cm³/mol. The molecule has 0 saturated heterocycles. The van der Waals surface area contributed by atoms with Gasteiger partial charge in [-0.15, -0.1) is 0 Å². The summed E-state index contributed by atoms with van der Waals surface area (Å²) in [7, 11) is 0. The molecule has 0 bridgehead atoms. The fourth-order valence-corrected chi connectivity index (χ4v) is 2.04. The molecule has 0 saturated carbocycles. The largest absolute Gasteiger partial charge is 0.296 e. The summed E-state index contributed by atoms with van der Waals surface area (Å²) in [5.74, 6) is 0. The Morgan fingerprint density at radius 3 is 2.87 bits per heavy atom. The molecule has 0 aliphatic heterocycles. The van der Waals surface area contributed by atoms with Crippen LogP contribution in [0.2, 0.25) is 10.0 Å². The molecule has 0 aromatic carbocycles. The molecule has 15 heavy (non-hydrogen) atoms. The molecular weight excluding hydrogens is 235 g/mol. The first-order chi connectivity index (χ1) is 7.17. The van der Waals surface area contributed by atoms with Crippen LogP contribution in [0.5, 0.6) is 0 Å². The zero-order chi connectivity index (χ0) is 11.0. The molecule has 2 heterocycles. The standard InChI is InChI=1S/C10H8Cl2N2O/c1-2-8-9(5-15)14-4-6(11)3-7(12)10(14)13-8/h3-5H,2H2,1H3. The number of hydrogen-bond acceptors (Lipinski definition) is 2. The maximum atomic E-state index is 10.9. The number of imidazole rings is 1. The summed E-state index contributed by atoms with van der Waals surface area (Å²) in [6.07, 6.45) is 3.09. The second-order valence-electron chi connectivity index (χ2n) is 3.12. The Hall–Kier alpha value is -1.06. The van der Waals surface area contributed by atoms with Crippen molar-refractivity contribution in [1.29, 1.82) is 0 Å². The van der Waals surface area contributed by atoms with Crippen molar-refractivity contribution in [1.82, 2.24) is 9.38 Å². The van der Waals surface area contributed by atoms with Crippen LogP contribution in [0, 0.1) is 0 Å². The van der Waals surface area contributed by atoms with Crippen LogP contribution in [0.3, 0.4) is 0 Å². The first-order valence-corrected chi connectivity index (χ1v) is 5.24. The Morgan fingerprint density at radius 2 is 2.27 bits per heavy atom. The zero-order valence-corrected chi connectivity index (χ0v) is 9.51. The van der Waals surface area contributed by atoms with Crippen LogP contribution in [0.4, 0.5) is 0 Å². The van der Waals surface area contributed by atoms with E-state index in [-0.39, 0.29) is 0 Å². The van der Waals surface area contributed by atoms with Gasteiger partial charge in [0, 0.05) is 6.20 Å². The highest BCUT2D eigenvalue weighted by molar-refractivity contribution is 6.36. The van der Waals surface area contributed by atoms with Crippen molar-refractivity contribution in [2.24, 2.45) is 0 Å². The van der Waals surface area contributed by atoms with Gasteiger partial charge < -0.3 is 0 Å². The van der Waals surface area contributed by atoms with Crippen molar-refractivity contribution < 1.29 is 4.79 Å². The Kier molecular flexibility index (Phi) is 2.67. The Labute approximate surface area is 96.6 Å². The van der Waals surface area contributed by atoms with Gasteiger partial charge in [0.15, 0.2) is 11.9 Å². The lowest BCUT2D eigenvalue weighted by Crippen LogP contribution is -1.93. The number of aldehydes is 1. The third-order valence-electron chi connectivity index (χ3n) is 2.20. The van der Waals surface area contributed by atoms with E-state index in [1.54, 1.807) is 16.7 Å². The smallest absolute Gasteiger partial charge is 0.168 e. The van der Waals surface area contributed by atoms with E-state index in [1.165, 1.54) is 0 Å². The number of carbonyl (C=O) groups is 1. The van der Waals surface area contributed by atoms with Crippen LogP contribution in [-0.4, -0.2) is 15.7 Å². The molecule has 0 fully saturated rings. The number of hydrogen-bond donors (Lipinski definition) is 0. The lowest BCUT2D eigenvalue weighted by Gasteiger charge is -1.98. The summed E-state index contributed by atoms with van der Waals surface area (Å²) in [6, 6.07) is 1.61. The molecule has 2 rings (SSSR count). The minimum Gasteiger partial charge on any atom is -0.296 e. The highest BCUT2D eigenvalue weighted by Crippen LogP contribution is 2.23. The first-order valence-electron chi connectivity index (χ1n) is 4.48. The first kappa shape index (κ1) is 10.5. The molecule has 0 atom stereocenters. The molecule has 0 amide bonds. The number of carbonyl (C=O) groups excluding carboxylic acids is 1. The summed E-state index contributed by atoms with van der Waals surface area (Å²) >= 11 is 11.8. The summed E-state index contributed by atoms with van der Waals surface area (Å²) in [4.78, 5) is 15.2. The summed E-state index contributed by atoms with van der Waals surface area (Å²) in [6.45, 7) is 1.93. The van der Waals surface area contributed by atoms with E-state index in [9.17, 15) is 4.79 Å². The van der Waals surface area contributed by atoms with Gasteiger partial charge in [-0.3, -0.25) is 9.20 Å². The fraction of sp³-hybridized carbons (Fsp3) is 0.200. The number of nitrogens with zero attached hydrogens (tertiary/aromatic N) is 2. The van der Waals surface area contributed by atoms with Gasteiger partial charge in [-0.1, -0.05) is 30.1 Å². The second kappa shape index (κ2) is 3.83. The normalized spacial score (nSPS) is 10.9. The van der Waals surface area contributed by atoms with Crippen molar-refractivity contribution in [3.05, 3.63) is 33.7 Å². The molecule has 5 heteroatoms. The number of aromatic nitrogens is 2. The monoisotopic (exact) mass is 242 g/mol. The van der Waals surface area contributed by atoms with Crippen molar-refractivity contribution in [3.63, 3.8) is 0 Å². The topological polar surface area (TPSA) is 34.4 Å². The minimum absolute atomic E-state index is 0.449. The Bertz CT molecular complexity index is 534. The molecule has 0 radical (unpaired) electrons. The quantitative estimate of drug-likeness (QED) is 0.760. The third kappa shape index (κ3) is 1.62. The predicted octanol–water partition coefficient (Wildman–Crippen LogP) is 3.02. The molecule has 2 aromatic rings. The van der Waals surface area contributed by atoms with Crippen LogP contribution in [-0.2, 0) is 6.42 Å². The maximum Gasteiger partial charge on any atom is 0.168 e. The molecule has 0 unspecified atom stereocenters. The number of halogens is 2. The number of rotatable bonds is 2. The fourth-order valence-electron chi connectivity index (χ4n) is 1.52. The molecule has 78 valence electrons. The molecule has 3 nitrogen and oxygen atoms in total. The van der Waals surface area contributed by atoms with Gasteiger partial charge in [-0.05, 0) is 12.5 Å². The lowest BCUT2D eigenvalue weighted by molar-refractivity contribution is 0.111. The van der Waals surface area contributed by atoms with Gasteiger partial charge in [0.05, 0.1) is 15.7 Å². The number of pyridine rings is 1. The van der Waals surface area contributed by atoms with Crippen LogP contribution in [0.25, 0.3) is 5.65 Å². The van der Waals surface area contributed by atoms with E-state index in [0.29, 0.717) is 27.8 Å². The van der Waals surface area contributed by atoms with Gasteiger partial charge in [-0.25, -0.2) is 4.98 Å². The van der Waals surface area contributed by atoms with Gasteiger partial charge in [0.25, 0.3) is 0 Å². The van der Waals surface area contributed by atoms with E-state index in [1.807, 2.05) is 6.92 Å². The highest BCUT2D eigenvalue weighted by Gasteiger charge is 2.12. The molecular formula is C10H8Cl2N2O. The summed E-state index contributed by atoms with van der Waals surface area (Å²) in [5, 5.41) is 0.931. The molecule has 0 aliphatic carbocycles. The number of aryl methyl sites for hydroxylation is 1. The average molecular weight is 243 g/mol. The van der Waals surface area contributed by atoms with Crippen molar-refractivity contribution >= 4 is 35.1 Å². The van der Waals surface area contributed by atoms with E-state index >= 15 is 0 Å². The summed E-state index contributed by atoms with van der Waals surface area (Å²) in [5.41, 5.74) is 1.81. The molecule has 0 N–H and O–H groups in total. The van der Waals surface area contributed by atoms with Crippen molar-refractivity contribution in [2.75, 3.05) is 0 Å². The van der Waals surface area contributed by atoms with Gasteiger partial charge in [0.2, 0.25) is 0 Å². The van der Waals surface area contributed by atoms with Crippen LogP contribution in [0.15, 0.2) is 12.3 Å². The Morgan fingerprint density at radius 1 is 1.53 bits per heavy atom. The minimum atomic E-state index is 0.449. The van der Waals surface area contributed by atoms with E-state index in [2.05, 4.69) is 4.98 Å². The van der Waals surface area contributed by atoms with E-state index in [0.717, 1.165) is 12.0 Å². The van der Waals surface area contributed by atoms with Crippen LogP contribution < -0.4 is 0 Å². The van der Waals surface area contributed by atoms with Gasteiger partial charge in [0.1, 0.15) is 5.69 Å². The van der Waals surface area contributed by atoms with Gasteiger partial charge >= 0.3 is 0 Å². The maximum absolute atomic E-state index is 10.9. The zero-order valence-electron chi connectivity index (χ0n) is 8.00. The van der Waals surface area contributed by atoms with Crippen LogP contribution in [0.1, 0.15) is 23.1 Å². The summed E-state index contributed by atoms with van der Waals surface area (Å²) < 4.78 is 1.62. The Balaban J connectivity index is 2.88. The van der Waals surface area contributed by atoms with Crippen LogP contribution >= 0.6 is 23.2 Å². The van der Waals surface area contributed by atoms with E-state index < -0.39 is 0 Å². The van der Waals surface area contributed by atoms with Gasteiger partial charge in [-0.2, -0.15) is 0 Å². The second-order valence-corrected chi connectivity index (χ2v) is 3.96. The van der Waals surface area contributed by atoms with E-state index in [4.69, 9.17) is 23.2 Å². The molecule has 0 spiro atoms. The van der Waals surface area contributed by atoms with Crippen molar-refractivity contribution in [2.45, 2.75) is 13.3 Å². The average Bonchev–Trinajstić information content (AvgIpc) is 2.55. The SMILES string of the molecule is CCc1nc2c(Cl)cc(Cl)cn2c1C=O. The molecule has 0 aliphatic rings. The molecule has 2 aromatic heterocycles.